The summed E-state index contributed by atoms with van der Waals surface area (Å²) in [7, 11) is -1.63. The van der Waals surface area contributed by atoms with Gasteiger partial charge in [0, 0.05) is 6.04 Å². The van der Waals surface area contributed by atoms with Crippen LogP contribution in [0, 0.1) is 5.92 Å². The molecule has 156 valence electrons. The molecule has 0 radical (unpaired) electrons. The van der Waals surface area contributed by atoms with Crippen LogP contribution in [0.15, 0.2) is 18.2 Å². The molecule has 0 bridgehead atoms. The molecule has 9 heteroatoms. The van der Waals surface area contributed by atoms with Crippen LogP contribution in [-0.2, 0) is 19.4 Å². The van der Waals surface area contributed by atoms with Gasteiger partial charge in [-0.1, -0.05) is 13.8 Å². The highest BCUT2D eigenvalue weighted by Crippen LogP contribution is 2.29. The highest BCUT2D eigenvalue weighted by molar-refractivity contribution is 7.91. The molecule has 0 aromatic heterocycles. The third kappa shape index (κ3) is 6.12. The zero-order chi connectivity index (χ0) is 20.9. The Morgan fingerprint density at radius 1 is 1.21 bits per heavy atom. The molecule has 0 aliphatic carbocycles. The molecular weight excluding hydrogens is 386 g/mol. The highest BCUT2D eigenvalue weighted by atomic mass is 32.2. The van der Waals surface area contributed by atoms with Crippen LogP contribution in [0.25, 0.3) is 0 Å². The van der Waals surface area contributed by atoms with Crippen molar-refractivity contribution in [1.82, 2.24) is 5.32 Å². The smallest absolute Gasteiger partial charge is 0.339 e. The Labute approximate surface area is 165 Å². The lowest BCUT2D eigenvalue weighted by Gasteiger charge is -2.17. The van der Waals surface area contributed by atoms with Gasteiger partial charge in [-0.15, -0.1) is 0 Å². The van der Waals surface area contributed by atoms with E-state index in [0.29, 0.717) is 30.4 Å². The van der Waals surface area contributed by atoms with Crippen LogP contribution in [0.1, 0.15) is 37.6 Å². The maximum Gasteiger partial charge on any atom is 0.339 e. The number of hydrogen-bond donors (Lipinski definition) is 1. The molecule has 0 unspecified atom stereocenters. The first-order chi connectivity index (χ1) is 13.1. The molecule has 1 aromatic rings. The summed E-state index contributed by atoms with van der Waals surface area (Å²) in [6, 6.07) is 4.20. The van der Waals surface area contributed by atoms with Gasteiger partial charge in [-0.25, -0.2) is 13.2 Å². The van der Waals surface area contributed by atoms with Crippen molar-refractivity contribution in [3.8, 4) is 11.5 Å². The van der Waals surface area contributed by atoms with Gasteiger partial charge in [-0.2, -0.15) is 0 Å². The minimum Gasteiger partial charge on any atom is -0.493 e. The van der Waals surface area contributed by atoms with E-state index >= 15 is 0 Å². The van der Waals surface area contributed by atoms with Gasteiger partial charge in [0.05, 0.1) is 30.8 Å². The van der Waals surface area contributed by atoms with Gasteiger partial charge in [0.25, 0.3) is 5.91 Å². The molecule has 2 rings (SSSR count). The lowest BCUT2D eigenvalue weighted by molar-refractivity contribution is -0.129. The normalized spacial score (nSPS) is 19.1. The Balaban J connectivity index is 1.96. The molecule has 8 nitrogen and oxygen atoms in total. The predicted molar refractivity (Wildman–Crippen MR) is 103 cm³/mol. The van der Waals surface area contributed by atoms with Gasteiger partial charge in [-0.05, 0) is 37.5 Å². The Morgan fingerprint density at radius 2 is 1.93 bits per heavy atom. The van der Waals surface area contributed by atoms with E-state index in [4.69, 9.17) is 14.2 Å². The molecule has 2 atom stereocenters. The number of carbonyl (C=O) groups is 2. The second-order valence-corrected chi connectivity index (χ2v) is 9.46. The minimum absolute atomic E-state index is 0.0527. The van der Waals surface area contributed by atoms with Crippen molar-refractivity contribution < 1.29 is 32.2 Å². The third-order valence-electron chi connectivity index (χ3n) is 4.20. The Hall–Kier alpha value is -2.29. The Morgan fingerprint density at radius 3 is 2.50 bits per heavy atom. The quantitative estimate of drug-likeness (QED) is 0.645. The van der Waals surface area contributed by atoms with Crippen molar-refractivity contribution in [3.63, 3.8) is 0 Å². The summed E-state index contributed by atoms with van der Waals surface area (Å²) < 4.78 is 39.0. The van der Waals surface area contributed by atoms with E-state index < -0.39 is 33.9 Å². The summed E-state index contributed by atoms with van der Waals surface area (Å²) >= 11 is 0. The number of esters is 1. The number of nitrogens with one attached hydrogen (secondary N) is 1. The SMILES string of the molecule is COc1cc(C(=O)O[C@H](C)C(=O)N[C@H]2CCS(=O)(=O)C2)ccc1OCC(C)C. The summed E-state index contributed by atoms with van der Waals surface area (Å²) in [6.45, 7) is 5.99. The van der Waals surface area contributed by atoms with E-state index in [9.17, 15) is 18.0 Å². The van der Waals surface area contributed by atoms with Crippen molar-refractivity contribution in [2.75, 3.05) is 25.2 Å². The molecule has 1 saturated heterocycles. The number of hydrogen-bond acceptors (Lipinski definition) is 7. The number of sulfone groups is 1. The molecule has 0 spiro atoms. The summed E-state index contributed by atoms with van der Waals surface area (Å²) in [6.07, 6.45) is -0.692. The molecular formula is C19H27NO7S. The molecule has 1 heterocycles. The number of methoxy groups -OCH3 is 1. The van der Waals surface area contributed by atoms with Crippen molar-refractivity contribution in [3.05, 3.63) is 23.8 Å². The summed E-state index contributed by atoms with van der Waals surface area (Å²) in [4.78, 5) is 24.5. The van der Waals surface area contributed by atoms with Crippen LogP contribution in [-0.4, -0.2) is 57.7 Å². The molecule has 0 saturated carbocycles. The molecule has 1 amide bonds. The number of rotatable bonds is 8. The number of amides is 1. The van der Waals surface area contributed by atoms with Crippen LogP contribution in [0.4, 0.5) is 0 Å². The molecule has 28 heavy (non-hydrogen) atoms. The first kappa shape index (κ1) is 22.0. The lowest BCUT2D eigenvalue weighted by Crippen LogP contribution is -2.42. The fraction of sp³-hybridized carbons (Fsp3) is 0.579. The zero-order valence-corrected chi connectivity index (χ0v) is 17.4. The number of ether oxygens (including phenoxy) is 3. The first-order valence-electron chi connectivity index (χ1n) is 9.14. The average Bonchev–Trinajstić information content (AvgIpc) is 2.97. The van der Waals surface area contributed by atoms with Gasteiger partial charge >= 0.3 is 5.97 Å². The molecule has 1 fully saturated rings. The lowest BCUT2D eigenvalue weighted by atomic mass is 10.2. The zero-order valence-electron chi connectivity index (χ0n) is 16.6. The van der Waals surface area contributed by atoms with E-state index in [-0.39, 0.29) is 17.1 Å². The van der Waals surface area contributed by atoms with Crippen LogP contribution in [0.3, 0.4) is 0 Å². The largest absolute Gasteiger partial charge is 0.493 e. The van der Waals surface area contributed by atoms with E-state index in [1.165, 1.54) is 26.2 Å². The number of carbonyl (C=O) groups excluding carboxylic acids is 2. The van der Waals surface area contributed by atoms with Gasteiger partial charge in [0.2, 0.25) is 0 Å². The van der Waals surface area contributed by atoms with Crippen LogP contribution < -0.4 is 14.8 Å². The van der Waals surface area contributed by atoms with Crippen molar-refractivity contribution in [1.29, 1.82) is 0 Å². The van der Waals surface area contributed by atoms with Gasteiger partial charge in [0.15, 0.2) is 27.4 Å². The van der Waals surface area contributed by atoms with Crippen LogP contribution in [0.2, 0.25) is 0 Å². The summed E-state index contributed by atoms with van der Waals surface area (Å²) in [5, 5.41) is 2.61. The standard InChI is InChI=1S/C19H27NO7S/c1-12(2)10-26-16-6-5-14(9-17(16)25-4)19(22)27-13(3)18(21)20-15-7-8-28(23,24)11-15/h5-6,9,12-13,15H,7-8,10-11H2,1-4H3,(H,20,21)/t13-,15+/m1/s1. The Bertz CT molecular complexity index is 820. The van der Waals surface area contributed by atoms with E-state index in [2.05, 4.69) is 5.32 Å². The van der Waals surface area contributed by atoms with Gasteiger partial charge in [0.1, 0.15) is 0 Å². The predicted octanol–water partition coefficient (Wildman–Crippen LogP) is 1.58. The third-order valence-corrected chi connectivity index (χ3v) is 5.97. The molecule has 1 aliphatic rings. The second kappa shape index (κ2) is 9.27. The molecule has 1 aromatic carbocycles. The highest BCUT2D eigenvalue weighted by Gasteiger charge is 2.30. The van der Waals surface area contributed by atoms with E-state index in [1.54, 1.807) is 6.07 Å². The maximum absolute atomic E-state index is 12.4. The number of benzene rings is 1. The van der Waals surface area contributed by atoms with Crippen molar-refractivity contribution >= 4 is 21.7 Å². The van der Waals surface area contributed by atoms with E-state index in [0.717, 1.165) is 0 Å². The fourth-order valence-corrected chi connectivity index (χ4v) is 4.35. The molecule has 1 aliphatic heterocycles. The maximum atomic E-state index is 12.4. The minimum atomic E-state index is -3.10. The summed E-state index contributed by atoms with van der Waals surface area (Å²) in [5.41, 5.74) is 0.219. The van der Waals surface area contributed by atoms with E-state index in [1.807, 2.05) is 13.8 Å². The average molecular weight is 413 g/mol. The van der Waals surface area contributed by atoms with Gasteiger partial charge in [-0.3, -0.25) is 4.79 Å². The Kier molecular flexibility index (Phi) is 7.29. The van der Waals surface area contributed by atoms with Crippen LogP contribution in [0.5, 0.6) is 11.5 Å². The second-order valence-electron chi connectivity index (χ2n) is 7.23. The fourth-order valence-electron chi connectivity index (χ4n) is 2.68. The van der Waals surface area contributed by atoms with Crippen LogP contribution >= 0.6 is 0 Å². The monoisotopic (exact) mass is 413 g/mol. The topological polar surface area (TPSA) is 108 Å². The molecule has 1 N–H and O–H groups in total. The van der Waals surface area contributed by atoms with Crippen molar-refractivity contribution in [2.45, 2.75) is 39.3 Å². The first-order valence-corrected chi connectivity index (χ1v) is 11.0. The summed E-state index contributed by atoms with van der Waals surface area (Å²) in [5.74, 6) is -0.00592. The van der Waals surface area contributed by atoms with Gasteiger partial charge < -0.3 is 19.5 Å². The van der Waals surface area contributed by atoms with Crippen molar-refractivity contribution in [2.24, 2.45) is 5.92 Å².